The van der Waals surface area contributed by atoms with E-state index in [1.54, 1.807) is 37.3 Å². The second-order valence-corrected chi connectivity index (χ2v) is 8.01. The third kappa shape index (κ3) is 5.39. The van der Waals surface area contributed by atoms with Crippen molar-refractivity contribution in [2.75, 3.05) is 24.4 Å². The van der Waals surface area contributed by atoms with Crippen LogP contribution in [-0.4, -0.2) is 32.1 Å². The van der Waals surface area contributed by atoms with Crippen LogP contribution in [0.1, 0.15) is 5.56 Å². The lowest BCUT2D eigenvalue weighted by atomic mass is 10.2. The second-order valence-electron chi connectivity index (χ2n) is 6.48. The van der Waals surface area contributed by atoms with E-state index in [0.29, 0.717) is 28.4 Å². The number of aryl methyl sites for hydroxylation is 1. The number of halogens is 1. The van der Waals surface area contributed by atoms with Crippen molar-refractivity contribution in [1.82, 2.24) is 9.97 Å². The first-order chi connectivity index (χ1) is 15.2. The molecule has 3 rings (SSSR count). The van der Waals surface area contributed by atoms with Crippen molar-refractivity contribution in [2.24, 2.45) is 5.14 Å². The van der Waals surface area contributed by atoms with Gasteiger partial charge in [-0.05, 0) is 36.8 Å². The summed E-state index contributed by atoms with van der Waals surface area (Å²) in [7, 11) is -2.48. The third-order valence-electron chi connectivity index (χ3n) is 4.21. The van der Waals surface area contributed by atoms with Crippen molar-refractivity contribution >= 4 is 33.2 Å². The first kappa shape index (κ1) is 22.7. The lowest BCUT2D eigenvalue weighted by Crippen LogP contribution is -2.14. The van der Waals surface area contributed by atoms with E-state index in [-0.39, 0.29) is 23.3 Å². The van der Waals surface area contributed by atoms with Crippen LogP contribution < -0.4 is 25.2 Å². The highest BCUT2D eigenvalue weighted by Crippen LogP contribution is 2.32. The highest BCUT2D eigenvalue weighted by molar-refractivity contribution is 7.89. The topological polar surface area (TPSA) is 152 Å². The number of rotatable bonds is 8. The van der Waals surface area contributed by atoms with Gasteiger partial charge in [0, 0.05) is 17.4 Å². The molecule has 0 spiro atoms. The maximum absolute atomic E-state index is 14.3. The standard InChI is InChI=1S/C20H19FN6O4S/c1-12-3-4-14(10-18(12)32(23,28)29)26-20-24-11-15(21)19(27-20)25-13-5-6-16(31-8-7-22)17(9-13)30-2/h3-6,9-11H,8H2,1-2H3,(H2,23,28,29)(H2,24,25,26,27). The van der Waals surface area contributed by atoms with Crippen molar-refractivity contribution in [3.8, 4) is 17.6 Å². The van der Waals surface area contributed by atoms with E-state index in [2.05, 4.69) is 20.6 Å². The lowest BCUT2D eigenvalue weighted by molar-refractivity contribution is 0.330. The number of nitrogens with zero attached hydrogens (tertiary/aromatic N) is 3. The number of anilines is 4. The number of sulfonamides is 1. The molecule has 3 aromatic rings. The van der Waals surface area contributed by atoms with Gasteiger partial charge in [-0.1, -0.05) is 6.07 Å². The van der Waals surface area contributed by atoms with Crippen LogP contribution in [0.3, 0.4) is 0 Å². The van der Waals surface area contributed by atoms with Gasteiger partial charge < -0.3 is 20.1 Å². The molecule has 0 bridgehead atoms. The van der Waals surface area contributed by atoms with Gasteiger partial charge in [-0.25, -0.2) is 22.9 Å². The first-order valence-electron chi connectivity index (χ1n) is 9.09. The smallest absolute Gasteiger partial charge is 0.238 e. The van der Waals surface area contributed by atoms with Crippen LogP contribution in [0.25, 0.3) is 0 Å². The van der Waals surface area contributed by atoms with Crippen molar-refractivity contribution in [1.29, 1.82) is 5.26 Å². The number of methoxy groups -OCH3 is 1. The molecule has 0 saturated heterocycles. The zero-order chi connectivity index (χ0) is 23.3. The third-order valence-corrected chi connectivity index (χ3v) is 5.27. The van der Waals surface area contributed by atoms with Gasteiger partial charge in [-0.2, -0.15) is 10.2 Å². The molecule has 12 heteroatoms. The molecule has 0 unspecified atom stereocenters. The summed E-state index contributed by atoms with van der Waals surface area (Å²) < 4.78 is 48.2. The molecule has 1 aromatic heterocycles. The minimum atomic E-state index is -3.91. The summed E-state index contributed by atoms with van der Waals surface area (Å²) >= 11 is 0. The molecule has 2 aromatic carbocycles. The average Bonchev–Trinajstić information content (AvgIpc) is 2.75. The van der Waals surface area contributed by atoms with Crippen LogP contribution in [0.2, 0.25) is 0 Å². The van der Waals surface area contributed by atoms with E-state index in [1.807, 2.05) is 6.07 Å². The Morgan fingerprint density at radius 2 is 1.88 bits per heavy atom. The molecule has 1 heterocycles. The second kappa shape index (κ2) is 9.46. The molecule has 0 amide bonds. The lowest BCUT2D eigenvalue weighted by Gasteiger charge is -2.13. The molecule has 0 aliphatic carbocycles. The van der Waals surface area contributed by atoms with Crippen LogP contribution in [0, 0.1) is 24.1 Å². The van der Waals surface area contributed by atoms with Crippen LogP contribution in [0.5, 0.6) is 11.5 Å². The number of benzene rings is 2. The number of ether oxygens (including phenoxy) is 2. The summed E-state index contributed by atoms with van der Waals surface area (Å²) in [5.74, 6) is -0.120. The van der Waals surface area contributed by atoms with Gasteiger partial charge in [0.1, 0.15) is 6.07 Å². The quantitative estimate of drug-likeness (QED) is 0.462. The molecule has 0 radical (unpaired) electrons. The Hall–Kier alpha value is -3.95. The monoisotopic (exact) mass is 458 g/mol. The maximum atomic E-state index is 14.3. The number of nitrogens with two attached hydrogens (primary N) is 1. The SMILES string of the molecule is COc1cc(Nc2nc(Nc3ccc(C)c(S(N)(=O)=O)c3)ncc2F)ccc1OCC#N. The van der Waals surface area contributed by atoms with Crippen molar-refractivity contribution in [2.45, 2.75) is 11.8 Å². The Kier molecular flexibility index (Phi) is 6.72. The van der Waals surface area contributed by atoms with E-state index in [1.165, 1.54) is 13.2 Å². The van der Waals surface area contributed by atoms with Crippen LogP contribution in [-0.2, 0) is 10.0 Å². The number of nitriles is 1. The predicted octanol–water partition coefficient (Wildman–Crippen LogP) is 2.97. The van der Waals surface area contributed by atoms with Gasteiger partial charge >= 0.3 is 0 Å². The Morgan fingerprint density at radius 3 is 2.56 bits per heavy atom. The highest BCUT2D eigenvalue weighted by Gasteiger charge is 2.14. The Bertz CT molecular complexity index is 1290. The van der Waals surface area contributed by atoms with Crippen molar-refractivity contribution in [3.05, 3.63) is 54.0 Å². The average molecular weight is 458 g/mol. The van der Waals surface area contributed by atoms with E-state index in [0.717, 1.165) is 6.20 Å². The molecular weight excluding hydrogens is 439 g/mol. The molecule has 166 valence electrons. The van der Waals surface area contributed by atoms with Crippen LogP contribution in [0.4, 0.5) is 27.5 Å². The van der Waals surface area contributed by atoms with Crippen LogP contribution in [0.15, 0.2) is 47.5 Å². The fraction of sp³-hybridized carbons (Fsp3) is 0.150. The Labute approximate surface area is 183 Å². The zero-order valence-electron chi connectivity index (χ0n) is 17.1. The minimum Gasteiger partial charge on any atom is -0.493 e. The maximum Gasteiger partial charge on any atom is 0.238 e. The zero-order valence-corrected chi connectivity index (χ0v) is 17.9. The molecule has 32 heavy (non-hydrogen) atoms. The first-order valence-corrected chi connectivity index (χ1v) is 10.6. The Balaban J connectivity index is 1.85. The van der Waals surface area contributed by atoms with Crippen LogP contribution >= 0.6 is 0 Å². The number of hydrogen-bond donors (Lipinski definition) is 3. The summed E-state index contributed by atoms with van der Waals surface area (Å²) in [4.78, 5) is 7.93. The highest BCUT2D eigenvalue weighted by atomic mass is 32.2. The van der Waals surface area contributed by atoms with E-state index >= 15 is 0 Å². The normalized spacial score (nSPS) is 10.8. The Morgan fingerprint density at radius 1 is 1.16 bits per heavy atom. The summed E-state index contributed by atoms with van der Waals surface area (Å²) in [5, 5.41) is 19.5. The fourth-order valence-corrected chi connectivity index (χ4v) is 3.55. The number of primary sulfonamides is 1. The van der Waals surface area contributed by atoms with E-state index in [4.69, 9.17) is 19.9 Å². The molecule has 0 fully saturated rings. The van der Waals surface area contributed by atoms with Gasteiger partial charge in [0.2, 0.25) is 16.0 Å². The summed E-state index contributed by atoms with van der Waals surface area (Å²) in [5.41, 5.74) is 1.29. The number of nitrogens with one attached hydrogen (secondary N) is 2. The molecule has 0 atom stereocenters. The molecule has 0 saturated carbocycles. The minimum absolute atomic E-state index is 0.0269. The van der Waals surface area contributed by atoms with Gasteiger partial charge in [0.25, 0.3) is 0 Å². The van der Waals surface area contributed by atoms with Gasteiger partial charge in [0.05, 0.1) is 18.2 Å². The van der Waals surface area contributed by atoms with Gasteiger partial charge in [-0.15, -0.1) is 0 Å². The molecule has 4 N–H and O–H groups in total. The molecule has 10 nitrogen and oxygen atoms in total. The fourth-order valence-electron chi connectivity index (χ4n) is 2.74. The summed E-state index contributed by atoms with van der Waals surface area (Å²) in [6, 6.07) is 11.1. The van der Waals surface area contributed by atoms with E-state index in [9.17, 15) is 12.8 Å². The number of aromatic nitrogens is 2. The molecule has 0 aliphatic heterocycles. The van der Waals surface area contributed by atoms with Crippen molar-refractivity contribution in [3.63, 3.8) is 0 Å². The molecular formula is C20H19FN6O4S. The predicted molar refractivity (Wildman–Crippen MR) is 115 cm³/mol. The number of hydrogen-bond acceptors (Lipinski definition) is 9. The summed E-state index contributed by atoms with van der Waals surface area (Å²) in [6.07, 6.45) is 0.966. The van der Waals surface area contributed by atoms with Gasteiger partial charge in [-0.3, -0.25) is 0 Å². The van der Waals surface area contributed by atoms with Gasteiger partial charge in [0.15, 0.2) is 29.7 Å². The largest absolute Gasteiger partial charge is 0.493 e. The summed E-state index contributed by atoms with van der Waals surface area (Å²) in [6.45, 7) is 1.47. The van der Waals surface area contributed by atoms with E-state index < -0.39 is 15.8 Å². The van der Waals surface area contributed by atoms with Crippen molar-refractivity contribution < 1.29 is 22.3 Å². The molecule has 0 aliphatic rings.